The van der Waals surface area contributed by atoms with E-state index >= 15 is 0 Å². The Kier molecular flexibility index (Phi) is 4.04. The van der Waals surface area contributed by atoms with Crippen molar-refractivity contribution in [2.75, 3.05) is 25.5 Å². The van der Waals surface area contributed by atoms with Crippen LogP contribution in [0.3, 0.4) is 0 Å². The quantitative estimate of drug-likeness (QED) is 0.748. The molecule has 8 heteroatoms. The van der Waals surface area contributed by atoms with Gasteiger partial charge in [-0.2, -0.15) is 0 Å². The Labute approximate surface area is 146 Å². The van der Waals surface area contributed by atoms with E-state index in [1.54, 1.807) is 18.7 Å². The second kappa shape index (κ2) is 6.36. The molecule has 2 N–H and O–H groups in total. The molecule has 1 atom stereocenters. The lowest BCUT2D eigenvalue weighted by molar-refractivity contribution is 0.141. The maximum Gasteiger partial charge on any atom is 0.183 e. The van der Waals surface area contributed by atoms with Crippen LogP contribution in [0.4, 0.5) is 5.82 Å². The van der Waals surface area contributed by atoms with Gasteiger partial charge >= 0.3 is 0 Å². The van der Waals surface area contributed by atoms with Crippen LogP contribution in [0.25, 0.3) is 11.2 Å². The van der Waals surface area contributed by atoms with Crippen molar-refractivity contribution in [3.8, 4) is 0 Å². The number of hydrogen-bond donors (Lipinski definition) is 2. The molecule has 4 rings (SSSR count). The highest BCUT2D eigenvalue weighted by Gasteiger charge is 2.36. The Morgan fingerprint density at radius 3 is 2.88 bits per heavy atom. The molecule has 3 aromatic heterocycles. The summed E-state index contributed by atoms with van der Waals surface area (Å²) < 4.78 is 0. The molecule has 25 heavy (non-hydrogen) atoms. The highest BCUT2D eigenvalue weighted by atomic mass is 15.2. The van der Waals surface area contributed by atoms with Crippen LogP contribution in [0.1, 0.15) is 31.4 Å². The number of rotatable bonds is 4. The largest absolute Gasteiger partial charge is 0.371 e. The zero-order chi connectivity index (χ0) is 17.3. The fraction of sp³-hybridized carbons (Fsp3) is 0.471. The van der Waals surface area contributed by atoms with E-state index in [0.717, 1.165) is 55.5 Å². The van der Waals surface area contributed by atoms with Crippen molar-refractivity contribution in [3.05, 3.63) is 36.4 Å². The molecule has 1 unspecified atom stereocenters. The zero-order valence-electron chi connectivity index (χ0n) is 14.5. The number of anilines is 1. The smallest absolute Gasteiger partial charge is 0.183 e. The van der Waals surface area contributed by atoms with Gasteiger partial charge in [-0.3, -0.25) is 4.90 Å². The van der Waals surface area contributed by atoms with Crippen molar-refractivity contribution in [1.29, 1.82) is 0 Å². The summed E-state index contributed by atoms with van der Waals surface area (Å²) in [5.74, 6) is 2.49. The van der Waals surface area contributed by atoms with Gasteiger partial charge in [-0.25, -0.2) is 24.9 Å². The van der Waals surface area contributed by atoms with Crippen molar-refractivity contribution in [2.24, 2.45) is 0 Å². The monoisotopic (exact) mass is 338 g/mol. The molecule has 130 valence electrons. The van der Waals surface area contributed by atoms with Gasteiger partial charge in [-0.1, -0.05) is 6.92 Å². The van der Waals surface area contributed by atoms with Crippen molar-refractivity contribution >= 4 is 17.0 Å². The van der Waals surface area contributed by atoms with Crippen molar-refractivity contribution in [2.45, 2.75) is 31.7 Å². The van der Waals surface area contributed by atoms with Gasteiger partial charge < -0.3 is 10.3 Å². The van der Waals surface area contributed by atoms with Gasteiger partial charge in [0.1, 0.15) is 17.2 Å². The van der Waals surface area contributed by atoms with Crippen molar-refractivity contribution < 1.29 is 0 Å². The maximum absolute atomic E-state index is 4.78. The lowest BCUT2D eigenvalue weighted by Crippen LogP contribution is -2.45. The minimum Gasteiger partial charge on any atom is -0.371 e. The Bertz CT molecular complexity index is 861. The lowest BCUT2D eigenvalue weighted by Gasteiger charge is -2.39. The highest BCUT2D eigenvalue weighted by Crippen LogP contribution is 2.33. The standard InChI is InChI=1S/C17H22N8/c1-17(16-23-14(18-2)13-15(24-16)22-11-21-13)5-3-8-25(10-17)9-12-19-6-4-7-20-12/h4,6-7,11H,3,5,8-10H2,1-2H3,(H2,18,21,22,23,24). The molecule has 4 heterocycles. The second-order valence-electron chi connectivity index (χ2n) is 6.79. The van der Waals surface area contributed by atoms with E-state index in [1.807, 2.05) is 13.1 Å². The highest BCUT2D eigenvalue weighted by molar-refractivity contribution is 5.82. The van der Waals surface area contributed by atoms with Crippen LogP contribution in [-0.4, -0.2) is 54.9 Å². The number of aromatic amines is 1. The molecule has 1 aliphatic rings. The summed E-state index contributed by atoms with van der Waals surface area (Å²) in [5.41, 5.74) is 1.44. The van der Waals surface area contributed by atoms with Gasteiger partial charge in [0, 0.05) is 31.4 Å². The van der Waals surface area contributed by atoms with E-state index in [-0.39, 0.29) is 5.41 Å². The number of aromatic nitrogens is 6. The third-order valence-electron chi connectivity index (χ3n) is 4.82. The number of hydrogen-bond acceptors (Lipinski definition) is 7. The Hall–Kier alpha value is -2.61. The first-order valence-corrected chi connectivity index (χ1v) is 8.55. The minimum absolute atomic E-state index is 0.119. The molecule has 0 amide bonds. The second-order valence-corrected chi connectivity index (χ2v) is 6.79. The Balaban J connectivity index is 1.62. The van der Waals surface area contributed by atoms with Gasteiger partial charge in [0.15, 0.2) is 11.5 Å². The normalized spacial score (nSPS) is 21.5. The van der Waals surface area contributed by atoms with Crippen LogP contribution < -0.4 is 5.32 Å². The molecule has 0 saturated carbocycles. The van der Waals surface area contributed by atoms with Crippen LogP contribution in [0.15, 0.2) is 24.8 Å². The van der Waals surface area contributed by atoms with Crippen LogP contribution in [0.2, 0.25) is 0 Å². The van der Waals surface area contributed by atoms with Gasteiger partial charge in [0.2, 0.25) is 0 Å². The molecule has 0 aliphatic carbocycles. The first-order chi connectivity index (χ1) is 12.2. The van der Waals surface area contributed by atoms with Crippen LogP contribution in [0.5, 0.6) is 0 Å². The molecule has 1 fully saturated rings. The fourth-order valence-electron chi connectivity index (χ4n) is 3.56. The number of H-pyrrole nitrogens is 1. The van der Waals surface area contributed by atoms with Crippen LogP contribution in [0, 0.1) is 0 Å². The van der Waals surface area contributed by atoms with E-state index in [1.165, 1.54) is 0 Å². The molecule has 1 aliphatic heterocycles. The summed E-state index contributed by atoms with van der Waals surface area (Å²) in [6.07, 6.45) is 7.39. The minimum atomic E-state index is -0.119. The molecule has 1 saturated heterocycles. The number of nitrogens with zero attached hydrogens (tertiary/aromatic N) is 6. The first kappa shape index (κ1) is 15.9. The first-order valence-electron chi connectivity index (χ1n) is 8.55. The van der Waals surface area contributed by atoms with Crippen molar-refractivity contribution in [3.63, 3.8) is 0 Å². The number of imidazole rings is 1. The summed E-state index contributed by atoms with van der Waals surface area (Å²) in [4.78, 5) is 28.0. The topological polar surface area (TPSA) is 95.5 Å². The zero-order valence-corrected chi connectivity index (χ0v) is 14.5. The predicted molar refractivity (Wildman–Crippen MR) is 95.1 cm³/mol. The third kappa shape index (κ3) is 3.05. The SMILES string of the molecule is CNc1nc(C2(C)CCCN(Cc3ncccn3)C2)nc2nc[nH]c12. The Morgan fingerprint density at radius 2 is 2.08 bits per heavy atom. The molecule has 8 nitrogen and oxygen atoms in total. The average molecular weight is 338 g/mol. The maximum atomic E-state index is 4.78. The van der Waals surface area contributed by atoms with Crippen LogP contribution >= 0.6 is 0 Å². The lowest BCUT2D eigenvalue weighted by atomic mass is 9.81. The Morgan fingerprint density at radius 1 is 1.24 bits per heavy atom. The van der Waals surface area contributed by atoms with Gasteiger partial charge in [0.05, 0.1) is 12.9 Å². The van der Waals surface area contributed by atoms with E-state index in [2.05, 4.69) is 37.1 Å². The molecule has 3 aromatic rings. The van der Waals surface area contributed by atoms with Crippen LogP contribution in [-0.2, 0) is 12.0 Å². The molecule has 0 radical (unpaired) electrons. The number of piperidine rings is 1. The number of fused-ring (bicyclic) bond motifs is 1. The number of nitrogens with one attached hydrogen (secondary N) is 2. The van der Waals surface area contributed by atoms with Gasteiger partial charge in [0.25, 0.3) is 0 Å². The fourth-order valence-corrected chi connectivity index (χ4v) is 3.56. The summed E-state index contributed by atoms with van der Waals surface area (Å²) in [7, 11) is 1.87. The van der Waals surface area contributed by atoms with Gasteiger partial charge in [-0.05, 0) is 25.5 Å². The van der Waals surface area contributed by atoms with E-state index < -0.39 is 0 Å². The predicted octanol–water partition coefficient (Wildman–Crippen LogP) is 1.74. The van der Waals surface area contributed by atoms with E-state index in [0.29, 0.717) is 5.65 Å². The molecule has 0 bridgehead atoms. The molecule has 0 spiro atoms. The number of likely N-dealkylation sites (tertiary alicyclic amines) is 1. The van der Waals surface area contributed by atoms with E-state index in [4.69, 9.17) is 9.97 Å². The summed E-state index contributed by atoms with van der Waals surface area (Å²) in [5, 5.41) is 3.15. The average Bonchev–Trinajstić information content (AvgIpc) is 3.10. The molecular weight excluding hydrogens is 316 g/mol. The molecular formula is C17H22N8. The van der Waals surface area contributed by atoms with E-state index in [9.17, 15) is 0 Å². The summed E-state index contributed by atoms with van der Waals surface area (Å²) >= 11 is 0. The van der Waals surface area contributed by atoms with Gasteiger partial charge in [-0.15, -0.1) is 0 Å². The van der Waals surface area contributed by atoms with Crippen molar-refractivity contribution in [1.82, 2.24) is 34.8 Å². The third-order valence-corrected chi connectivity index (χ3v) is 4.82. The summed E-state index contributed by atoms with van der Waals surface area (Å²) in [6, 6.07) is 1.84. The summed E-state index contributed by atoms with van der Waals surface area (Å²) in [6.45, 7) is 4.90. The molecule has 0 aromatic carbocycles.